The number of rotatable bonds is 10. The van der Waals surface area contributed by atoms with Crippen LogP contribution in [0.2, 0.25) is 0 Å². The maximum Gasteiger partial charge on any atom is 0.125 e. The minimum Gasteiger partial charge on any atom is -0.396 e. The third kappa shape index (κ3) is 6.55. The van der Waals surface area contributed by atoms with Crippen LogP contribution in [-0.2, 0) is 0 Å². The Balaban J connectivity index is 2.47. The molecule has 0 aromatic heterocycles. The van der Waals surface area contributed by atoms with Gasteiger partial charge in [0.05, 0.1) is 0 Å². The minimum absolute atomic E-state index is 0.199. The lowest BCUT2D eigenvalue weighted by Gasteiger charge is -2.24. The van der Waals surface area contributed by atoms with E-state index in [4.69, 9.17) is 10.8 Å². The first-order valence-electron chi connectivity index (χ1n) is 7.09. The second-order valence-electron chi connectivity index (χ2n) is 4.75. The van der Waals surface area contributed by atoms with Crippen LogP contribution in [-0.4, -0.2) is 31.3 Å². The zero-order valence-corrected chi connectivity index (χ0v) is 11.5. The maximum atomic E-state index is 13.3. The molecule has 0 fully saturated rings. The van der Waals surface area contributed by atoms with Crippen molar-refractivity contribution in [2.24, 2.45) is 5.73 Å². The zero-order chi connectivity index (χ0) is 13.9. The maximum absolute atomic E-state index is 13.3. The van der Waals surface area contributed by atoms with Gasteiger partial charge < -0.3 is 15.7 Å². The number of anilines is 1. The fourth-order valence-corrected chi connectivity index (χ4v) is 2.09. The molecule has 108 valence electrons. The highest BCUT2D eigenvalue weighted by atomic mass is 19.1. The van der Waals surface area contributed by atoms with Crippen LogP contribution in [0.4, 0.5) is 10.1 Å². The van der Waals surface area contributed by atoms with Gasteiger partial charge in [-0.3, -0.25) is 0 Å². The summed E-state index contributed by atoms with van der Waals surface area (Å²) in [6.45, 7) is 2.69. The fourth-order valence-electron chi connectivity index (χ4n) is 2.09. The van der Waals surface area contributed by atoms with Gasteiger partial charge >= 0.3 is 0 Å². The summed E-state index contributed by atoms with van der Waals surface area (Å²) in [6.07, 6.45) is 4.97. The van der Waals surface area contributed by atoms with Crippen molar-refractivity contribution in [1.29, 1.82) is 0 Å². The van der Waals surface area contributed by atoms with Crippen molar-refractivity contribution >= 4 is 5.69 Å². The molecular weight excluding hydrogens is 243 g/mol. The summed E-state index contributed by atoms with van der Waals surface area (Å²) in [5, 5.41) is 8.73. The monoisotopic (exact) mass is 268 g/mol. The number of benzene rings is 1. The molecule has 0 radical (unpaired) electrons. The standard InChI is InChI=1S/C15H25FN2O/c16-14-7-5-8-15(13-14)18(11-6-9-17)10-3-1-2-4-12-19/h5,7-8,13,19H,1-4,6,9-12,17H2. The van der Waals surface area contributed by atoms with Crippen LogP contribution in [0.15, 0.2) is 24.3 Å². The number of aliphatic hydroxyl groups excluding tert-OH is 1. The lowest BCUT2D eigenvalue weighted by Crippen LogP contribution is -2.27. The van der Waals surface area contributed by atoms with E-state index in [9.17, 15) is 4.39 Å². The first-order valence-corrected chi connectivity index (χ1v) is 7.09. The van der Waals surface area contributed by atoms with E-state index in [1.807, 2.05) is 6.07 Å². The quantitative estimate of drug-likeness (QED) is 0.641. The van der Waals surface area contributed by atoms with Crippen molar-refractivity contribution in [2.75, 3.05) is 31.1 Å². The van der Waals surface area contributed by atoms with Gasteiger partial charge in [0.25, 0.3) is 0 Å². The number of hydrogen-bond donors (Lipinski definition) is 2. The summed E-state index contributed by atoms with van der Waals surface area (Å²) >= 11 is 0. The number of nitrogens with two attached hydrogens (primary N) is 1. The third-order valence-electron chi connectivity index (χ3n) is 3.14. The van der Waals surface area contributed by atoms with Crippen LogP contribution in [0.3, 0.4) is 0 Å². The Bertz CT molecular complexity index is 347. The highest BCUT2D eigenvalue weighted by Crippen LogP contribution is 2.17. The Morgan fingerprint density at radius 2 is 1.79 bits per heavy atom. The highest BCUT2D eigenvalue weighted by molar-refractivity contribution is 5.46. The summed E-state index contributed by atoms with van der Waals surface area (Å²) in [6, 6.07) is 6.72. The lowest BCUT2D eigenvalue weighted by atomic mass is 10.1. The Morgan fingerprint density at radius 1 is 1.05 bits per heavy atom. The van der Waals surface area contributed by atoms with E-state index in [-0.39, 0.29) is 12.4 Å². The van der Waals surface area contributed by atoms with Crippen molar-refractivity contribution in [3.8, 4) is 0 Å². The minimum atomic E-state index is -0.199. The molecule has 0 aliphatic rings. The molecule has 4 heteroatoms. The average Bonchev–Trinajstić information content (AvgIpc) is 2.42. The molecule has 0 saturated heterocycles. The first-order chi connectivity index (χ1) is 9.27. The number of hydrogen-bond acceptors (Lipinski definition) is 3. The van der Waals surface area contributed by atoms with E-state index in [1.165, 1.54) is 6.07 Å². The van der Waals surface area contributed by atoms with Gasteiger partial charge in [0, 0.05) is 25.4 Å². The predicted octanol–water partition coefficient (Wildman–Crippen LogP) is 2.53. The van der Waals surface area contributed by atoms with E-state index in [0.29, 0.717) is 6.54 Å². The molecule has 1 aromatic carbocycles. The van der Waals surface area contributed by atoms with E-state index in [1.54, 1.807) is 12.1 Å². The molecule has 3 nitrogen and oxygen atoms in total. The fraction of sp³-hybridized carbons (Fsp3) is 0.600. The van der Waals surface area contributed by atoms with Crippen LogP contribution < -0.4 is 10.6 Å². The second-order valence-corrected chi connectivity index (χ2v) is 4.75. The number of aliphatic hydroxyl groups is 1. The van der Waals surface area contributed by atoms with Crippen LogP contribution in [0.5, 0.6) is 0 Å². The van der Waals surface area contributed by atoms with E-state index < -0.39 is 0 Å². The van der Waals surface area contributed by atoms with Gasteiger partial charge in [-0.05, 0) is 44.0 Å². The molecule has 0 amide bonds. The highest BCUT2D eigenvalue weighted by Gasteiger charge is 2.06. The normalized spacial score (nSPS) is 10.7. The summed E-state index contributed by atoms with van der Waals surface area (Å²) < 4.78 is 13.3. The van der Waals surface area contributed by atoms with Crippen LogP contribution in [0.25, 0.3) is 0 Å². The van der Waals surface area contributed by atoms with E-state index in [2.05, 4.69) is 4.90 Å². The van der Waals surface area contributed by atoms with Gasteiger partial charge in [-0.1, -0.05) is 18.9 Å². The molecule has 0 saturated carbocycles. The van der Waals surface area contributed by atoms with Crippen molar-refractivity contribution < 1.29 is 9.50 Å². The average molecular weight is 268 g/mol. The Labute approximate surface area is 115 Å². The number of unbranched alkanes of at least 4 members (excludes halogenated alkanes) is 3. The van der Waals surface area contributed by atoms with Crippen LogP contribution in [0, 0.1) is 5.82 Å². The van der Waals surface area contributed by atoms with Crippen molar-refractivity contribution in [3.63, 3.8) is 0 Å². The van der Waals surface area contributed by atoms with Gasteiger partial charge in [0.2, 0.25) is 0 Å². The second kappa shape index (κ2) is 9.75. The number of nitrogens with zero attached hydrogens (tertiary/aromatic N) is 1. The van der Waals surface area contributed by atoms with Crippen molar-refractivity contribution in [3.05, 3.63) is 30.1 Å². The molecule has 1 rings (SSSR count). The van der Waals surface area contributed by atoms with Gasteiger partial charge in [0.1, 0.15) is 5.82 Å². The van der Waals surface area contributed by atoms with Gasteiger partial charge in [-0.25, -0.2) is 4.39 Å². The molecule has 0 spiro atoms. The molecule has 0 atom stereocenters. The van der Waals surface area contributed by atoms with Gasteiger partial charge in [0.15, 0.2) is 0 Å². The summed E-state index contributed by atoms with van der Waals surface area (Å²) in [4.78, 5) is 2.19. The third-order valence-corrected chi connectivity index (χ3v) is 3.14. The van der Waals surface area contributed by atoms with Crippen LogP contribution in [0.1, 0.15) is 32.1 Å². The summed E-state index contributed by atoms with van der Waals surface area (Å²) in [5.41, 5.74) is 6.48. The molecule has 19 heavy (non-hydrogen) atoms. The molecular formula is C15H25FN2O. The SMILES string of the molecule is NCCCN(CCCCCCO)c1cccc(F)c1. The topological polar surface area (TPSA) is 49.5 Å². The van der Waals surface area contributed by atoms with Crippen molar-refractivity contribution in [2.45, 2.75) is 32.1 Å². The van der Waals surface area contributed by atoms with Crippen molar-refractivity contribution in [1.82, 2.24) is 0 Å². The lowest BCUT2D eigenvalue weighted by molar-refractivity contribution is 0.282. The molecule has 1 aromatic rings. The van der Waals surface area contributed by atoms with Gasteiger partial charge in [-0.2, -0.15) is 0 Å². The molecule has 0 aliphatic carbocycles. The Hall–Kier alpha value is -1.13. The van der Waals surface area contributed by atoms with E-state index in [0.717, 1.165) is 50.9 Å². The smallest absolute Gasteiger partial charge is 0.125 e. The van der Waals surface area contributed by atoms with E-state index >= 15 is 0 Å². The molecule has 0 unspecified atom stereocenters. The Kier molecular flexibility index (Phi) is 8.18. The largest absolute Gasteiger partial charge is 0.396 e. The molecule has 0 aliphatic heterocycles. The molecule has 0 bridgehead atoms. The predicted molar refractivity (Wildman–Crippen MR) is 77.8 cm³/mol. The molecule has 0 heterocycles. The summed E-state index contributed by atoms with van der Waals surface area (Å²) in [5.74, 6) is -0.199. The Morgan fingerprint density at radius 3 is 2.47 bits per heavy atom. The first kappa shape index (κ1) is 15.9. The van der Waals surface area contributed by atoms with Gasteiger partial charge in [-0.15, -0.1) is 0 Å². The zero-order valence-electron chi connectivity index (χ0n) is 11.5. The summed E-state index contributed by atoms with van der Waals surface area (Å²) in [7, 11) is 0. The molecule has 3 N–H and O–H groups in total. The number of halogens is 1. The van der Waals surface area contributed by atoms with Crippen LogP contribution >= 0.6 is 0 Å².